The Labute approximate surface area is 126 Å². The highest BCUT2D eigenvalue weighted by molar-refractivity contribution is 7.84. The van der Waals surface area contributed by atoms with E-state index in [-0.39, 0.29) is 6.04 Å². The fraction of sp³-hybridized carbons (Fsp3) is 0.692. The van der Waals surface area contributed by atoms with Crippen molar-refractivity contribution < 1.29 is 4.21 Å². The minimum Gasteiger partial charge on any atom is -0.308 e. The van der Waals surface area contributed by atoms with Gasteiger partial charge in [0.2, 0.25) is 0 Å². The maximum Gasteiger partial charge on any atom is 0.158 e. The molecule has 0 aliphatic heterocycles. The van der Waals surface area contributed by atoms with E-state index in [1.165, 1.54) is 0 Å². The second kappa shape index (κ2) is 6.26. The van der Waals surface area contributed by atoms with Crippen LogP contribution < -0.4 is 0 Å². The highest BCUT2D eigenvalue weighted by atomic mass is 35.5. The van der Waals surface area contributed by atoms with E-state index in [1.54, 1.807) is 6.26 Å². The largest absolute Gasteiger partial charge is 0.308 e. The van der Waals surface area contributed by atoms with E-state index in [0.29, 0.717) is 11.6 Å². The zero-order valence-electron chi connectivity index (χ0n) is 12.4. The van der Waals surface area contributed by atoms with Crippen LogP contribution in [-0.4, -0.2) is 35.5 Å². The van der Waals surface area contributed by atoms with Gasteiger partial charge in [0.05, 0.1) is 11.6 Å². The molecule has 2 rings (SSSR count). The number of hydrogen-bond donors (Lipinski definition) is 0. The third-order valence-corrected chi connectivity index (χ3v) is 4.52. The first kappa shape index (κ1) is 15.5. The lowest BCUT2D eigenvalue weighted by molar-refractivity contribution is 0.575. The Hall–Kier alpha value is -0.880. The molecular formula is C13H21ClN4OS. The molecule has 0 bridgehead atoms. The van der Waals surface area contributed by atoms with E-state index in [4.69, 9.17) is 11.6 Å². The molecule has 2 atom stereocenters. The number of fused-ring (bicyclic) bond motifs is 1. The zero-order chi connectivity index (χ0) is 14.9. The van der Waals surface area contributed by atoms with Crippen molar-refractivity contribution >= 4 is 33.6 Å². The molecule has 0 aliphatic rings. The first-order valence-electron chi connectivity index (χ1n) is 6.78. The molecule has 0 fully saturated rings. The maximum atomic E-state index is 11.5. The predicted octanol–water partition coefficient (Wildman–Crippen LogP) is 2.40. The molecule has 0 radical (unpaired) electrons. The molecule has 0 aliphatic carbocycles. The molecule has 2 unspecified atom stereocenters. The molecule has 0 aromatic carbocycles. The molecule has 2 heterocycles. The third kappa shape index (κ3) is 2.76. The number of nitrogens with zero attached hydrogens (tertiary/aromatic N) is 4. The van der Waals surface area contributed by atoms with Crippen LogP contribution in [0.25, 0.3) is 11.2 Å². The summed E-state index contributed by atoms with van der Waals surface area (Å²) in [5, 5.41) is 4.55. The molecule has 0 saturated carbocycles. The highest BCUT2D eigenvalue weighted by Crippen LogP contribution is 2.25. The van der Waals surface area contributed by atoms with Gasteiger partial charge in [-0.05, 0) is 13.3 Å². The van der Waals surface area contributed by atoms with E-state index < -0.39 is 10.8 Å². The quantitative estimate of drug-likeness (QED) is 0.769. The van der Waals surface area contributed by atoms with Gasteiger partial charge in [0.25, 0.3) is 0 Å². The molecule has 0 N–H and O–H groups in total. The van der Waals surface area contributed by atoms with Crippen molar-refractivity contribution in [2.45, 2.75) is 38.6 Å². The summed E-state index contributed by atoms with van der Waals surface area (Å²) < 4.78 is 15.4. The van der Waals surface area contributed by atoms with E-state index in [1.807, 2.05) is 18.7 Å². The summed E-state index contributed by atoms with van der Waals surface area (Å²) in [6, 6.07) is 0.0875. The van der Waals surface area contributed by atoms with Gasteiger partial charge in [-0.3, -0.25) is 8.89 Å². The van der Waals surface area contributed by atoms with Crippen molar-refractivity contribution in [2.75, 3.05) is 12.0 Å². The van der Waals surface area contributed by atoms with Crippen molar-refractivity contribution in [3.63, 3.8) is 0 Å². The van der Waals surface area contributed by atoms with Crippen LogP contribution in [0.3, 0.4) is 0 Å². The lowest BCUT2D eigenvalue weighted by Crippen LogP contribution is -2.16. The van der Waals surface area contributed by atoms with Crippen molar-refractivity contribution in [1.29, 1.82) is 0 Å². The standard InChI is InChI=1S/C13H21ClN4OS/c1-5-6-10-12-13(17(3)16-10)18(11(7-14)15-12)9(2)8-20(4)19/h9H,5-8H2,1-4H3. The first-order valence-corrected chi connectivity index (χ1v) is 9.04. The lowest BCUT2D eigenvalue weighted by Gasteiger charge is -2.15. The molecule has 0 saturated heterocycles. The summed E-state index contributed by atoms with van der Waals surface area (Å²) in [6.07, 6.45) is 3.66. The van der Waals surface area contributed by atoms with Gasteiger partial charge in [0.15, 0.2) is 5.65 Å². The second-order valence-corrected chi connectivity index (χ2v) is 6.86. The summed E-state index contributed by atoms with van der Waals surface area (Å²) in [5.74, 6) is 1.76. The summed E-state index contributed by atoms with van der Waals surface area (Å²) in [7, 11) is 1.07. The van der Waals surface area contributed by atoms with Gasteiger partial charge in [-0.2, -0.15) is 5.10 Å². The Kier molecular flexibility index (Phi) is 4.86. The molecule has 0 spiro atoms. The second-order valence-electron chi connectivity index (χ2n) is 5.11. The van der Waals surface area contributed by atoms with Crippen molar-refractivity contribution in [3.8, 4) is 0 Å². The topological polar surface area (TPSA) is 52.7 Å². The third-order valence-electron chi connectivity index (χ3n) is 3.33. The van der Waals surface area contributed by atoms with Crippen LogP contribution in [0.15, 0.2) is 0 Å². The number of aromatic nitrogens is 4. The number of halogens is 1. The van der Waals surface area contributed by atoms with Gasteiger partial charge in [0.1, 0.15) is 11.3 Å². The van der Waals surface area contributed by atoms with Gasteiger partial charge in [-0.25, -0.2) is 4.98 Å². The highest BCUT2D eigenvalue weighted by Gasteiger charge is 2.22. The molecule has 0 amide bonds. The summed E-state index contributed by atoms with van der Waals surface area (Å²) in [5.41, 5.74) is 2.92. The van der Waals surface area contributed by atoms with Gasteiger partial charge >= 0.3 is 0 Å². The van der Waals surface area contributed by atoms with Crippen LogP contribution in [0.4, 0.5) is 0 Å². The predicted molar refractivity (Wildman–Crippen MR) is 83.7 cm³/mol. The average Bonchev–Trinajstić information content (AvgIpc) is 2.88. The van der Waals surface area contributed by atoms with E-state index in [2.05, 4.69) is 21.6 Å². The van der Waals surface area contributed by atoms with Crippen LogP contribution in [0.2, 0.25) is 0 Å². The Morgan fingerprint density at radius 2 is 2.15 bits per heavy atom. The van der Waals surface area contributed by atoms with Crippen LogP contribution >= 0.6 is 11.6 Å². The number of alkyl halides is 1. The number of rotatable bonds is 6. The minimum absolute atomic E-state index is 0.0875. The molecule has 7 heteroatoms. The Bertz CT molecular complexity index is 634. The Morgan fingerprint density at radius 3 is 2.70 bits per heavy atom. The summed E-state index contributed by atoms with van der Waals surface area (Å²) in [6.45, 7) is 4.17. The van der Waals surface area contributed by atoms with Crippen molar-refractivity contribution in [2.24, 2.45) is 7.05 Å². The monoisotopic (exact) mass is 316 g/mol. The number of hydrogen-bond acceptors (Lipinski definition) is 3. The minimum atomic E-state index is -0.858. The number of aryl methyl sites for hydroxylation is 2. The van der Waals surface area contributed by atoms with Crippen molar-refractivity contribution in [3.05, 3.63) is 11.5 Å². The molecular weight excluding hydrogens is 296 g/mol. The molecule has 20 heavy (non-hydrogen) atoms. The zero-order valence-corrected chi connectivity index (χ0v) is 14.0. The van der Waals surface area contributed by atoms with Crippen LogP contribution in [0.1, 0.15) is 37.8 Å². The SMILES string of the molecule is CCCc1nn(C)c2c1nc(CCl)n2C(C)CS(C)=O. The summed E-state index contributed by atoms with van der Waals surface area (Å²) >= 11 is 6.03. The van der Waals surface area contributed by atoms with E-state index >= 15 is 0 Å². The number of imidazole rings is 1. The van der Waals surface area contributed by atoms with Crippen molar-refractivity contribution in [1.82, 2.24) is 19.3 Å². The molecule has 5 nitrogen and oxygen atoms in total. The first-order chi connectivity index (χ1) is 9.49. The lowest BCUT2D eigenvalue weighted by atomic mass is 10.2. The molecule has 2 aromatic heterocycles. The van der Waals surface area contributed by atoms with Gasteiger partial charge in [0, 0.05) is 35.9 Å². The molecule has 112 valence electrons. The Balaban J connectivity index is 2.59. The van der Waals surface area contributed by atoms with E-state index in [9.17, 15) is 4.21 Å². The van der Waals surface area contributed by atoms with Gasteiger partial charge in [-0.15, -0.1) is 11.6 Å². The van der Waals surface area contributed by atoms with Gasteiger partial charge in [-0.1, -0.05) is 13.3 Å². The molecule has 2 aromatic rings. The average molecular weight is 317 g/mol. The van der Waals surface area contributed by atoms with Crippen LogP contribution in [0.5, 0.6) is 0 Å². The fourth-order valence-corrected chi connectivity index (χ4v) is 3.64. The fourth-order valence-electron chi connectivity index (χ4n) is 2.62. The summed E-state index contributed by atoms with van der Waals surface area (Å²) in [4.78, 5) is 4.65. The maximum absolute atomic E-state index is 11.5. The smallest absolute Gasteiger partial charge is 0.158 e. The van der Waals surface area contributed by atoms with E-state index in [0.717, 1.165) is 35.5 Å². The normalized spacial score (nSPS) is 14.8. The van der Waals surface area contributed by atoms with Gasteiger partial charge < -0.3 is 4.57 Å². The van der Waals surface area contributed by atoms with Crippen LogP contribution in [-0.2, 0) is 30.1 Å². The van der Waals surface area contributed by atoms with Crippen LogP contribution in [0, 0.1) is 0 Å². The Morgan fingerprint density at radius 1 is 1.45 bits per heavy atom.